The number of hydrogen-bond acceptors (Lipinski definition) is 0. The summed E-state index contributed by atoms with van der Waals surface area (Å²) in [5.41, 5.74) is 2.68. The number of aromatic nitrogens is 2. The molecule has 1 aromatic heterocycles. The van der Waals surface area contributed by atoms with E-state index in [1.807, 2.05) is 0 Å². The van der Waals surface area contributed by atoms with Crippen molar-refractivity contribution in [3.63, 3.8) is 0 Å². The van der Waals surface area contributed by atoms with Crippen LogP contribution in [0.25, 0.3) is 11.0 Å². The molecule has 3 heteroatoms. The van der Waals surface area contributed by atoms with Gasteiger partial charge >= 0.3 is 0 Å². The maximum Gasteiger partial charge on any atom is 0.254 e. The molecule has 0 amide bonds. The van der Waals surface area contributed by atoms with Crippen LogP contribution in [0.4, 0.5) is 0 Å². The van der Waals surface area contributed by atoms with E-state index in [2.05, 4.69) is 54.2 Å². The number of aryl methyl sites for hydroxylation is 2. The predicted octanol–water partition coefficient (Wildman–Crippen LogP) is 2.90. The highest BCUT2D eigenvalue weighted by atomic mass is 127. The van der Waals surface area contributed by atoms with Gasteiger partial charge in [0.1, 0.15) is 0 Å². The van der Waals surface area contributed by atoms with Gasteiger partial charge in [-0.05, 0) is 26.0 Å². The fourth-order valence-electron chi connectivity index (χ4n) is 2.21. The highest BCUT2D eigenvalue weighted by molar-refractivity contribution is 14.0. The van der Waals surface area contributed by atoms with Crippen LogP contribution in [0.5, 0.6) is 0 Å². The van der Waals surface area contributed by atoms with Crippen molar-refractivity contribution in [1.82, 2.24) is 4.57 Å². The van der Waals surface area contributed by atoms with Crippen molar-refractivity contribution in [2.75, 3.05) is 0 Å². The van der Waals surface area contributed by atoms with E-state index in [0.717, 1.165) is 13.1 Å². The molecule has 2 nitrogen and oxygen atoms in total. The van der Waals surface area contributed by atoms with E-state index in [9.17, 15) is 0 Å². The van der Waals surface area contributed by atoms with Gasteiger partial charge in [0.15, 0.2) is 11.0 Å². The summed E-state index contributed by atoms with van der Waals surface area (Å²) in [6, 6.07) is 8.60. The van der Waals surface area contributed by atoms with Crippen LogP contribution in [-0.4, -0.2) is 4.57 Å². The summed E-state index contributed by atoms with van der Waals surface area (Å²) in [5, 5.41) is 0. The number of nitrogens with zero attached hydrogens (tertiary/aromatic N) is 2. The normalized spacial score (nSPS) is 10.3. The van der Waals surface area contributed by atoms with Crippen LogP contribution < -0.4 is 4.57 Å². The lowest BCUT2D eigenvalue weighted by molar-refractivity contribution is -0.674. The predicted molar refractivity (Wildman–Crippen MR) is 73.6 cm³/mol. The van der Waals surface area contributed by atoms with Crippen LogP contribution in [0, 0.1) is 6.92 Å². The van der Waals surface area contributed by atoms with Crippen molar-refractivity contribution < 1.29 is 4.57 Å². The lowest BCUT2D eigenvalue weighted by Gasteiger charge is -1.94. The van der Waals surface area contributed by atoms with Gasteiger partial charge < -0.3 is 0 Å². The zero-order chi connectivity index (χ0) is 10.1. The van der Waals surface area contributed by atoms with Crippen molar-refractivity contribution in [2.24, 2.45) is 0 Å². The molecule has 0 N–H and O–H groups in total. The molecule has 2 aromatic rings. The summed E-state index contributed by atoms with van der Waals surface area (Å²) in [6.45, 7) is 8.66. The molecule has 0 bridgehead atoms. The minimum absolute atomic E-state index is 0. The first kappa shape index (κ1) is 12.5. The largest absolute Gasteiger partial charge is 0.254 e. The van der Waals surface area contributed by atoms with Crippen molar-refractivity contribution >= 4 is 35.0 Å². The zero-order valence-electron chi connectivity index (χ0n) is 9.53. The summed E-state index contributed by atoms with van der Waals surface area (Å²) >= 11 is 0. The molecule has 0 unspecified atom stereocenters. The number of imidazole rings is 1. The Morgan fingerprint density at radius 2 is 1.87 bits per heavy atom. The third-order valence-electron chi connectivity index (χ3n) is 2.88. The Balaban J connectivity index is 0.00000112. The van der Waals surface area contributed by atoms with E-state index in [-0.39, 0.29) is 24.0 Å². The smallest absolute Gasteiger partial charge is 0.228 e. The molecule has 1 aromatic carbocycles. The van der Waals surface area contributed by atoms with E-state index in [1.165, 1.54) is 16.9 Å². The second-order valence-corrected chi connectivity index (χ2v) is 3.52. The Bertz CT molecular complexity index is 419. The molecule has 15 heavy (non-hydrogen) atoms. The molecular formula is C12H18IN2+. The summed E-state index contributed by atoms with van der Waals surface area (Å²) in [7, 11) is 0. The summed E-state index contributed by atoms with van der Waals surface area (Å²) in [4.78, 5) is 0. The van der Waals surface area contributed by atoms with E-state index in [4.69, 9.17) is 0 Å². The van der Waals surface area contributed by atoms with Gasteiger partial charge in [-0.25, -0.2) is 9.13 Å². The van der Waals surface area contributed by atoms with Gasteiger partial charge in [-0.2, -0.15) is 0 Å². The van der Waals surface area contributed by atoms with Gasteiger partial charge in [-0.15, -0.1) is 24.0 Å². The molecule has 0 aliphatic heterocycles. The molecule has 0 aliphatic carbocycles. The number of halogens is 1. The van der Waals surface area contributed by atoms with Crippen molar-refractivity contribution in [3.05, 3.63) is 30.1 Å². The third-order valence-corrected chi connectivity index (χ3v) is 2.88. The minimum Gasteiger partial charge on any atom is -0.228 e. The van der Waals surface area contributed by atoms with Crippen LogP contribution in [0.2, 0.25) is 0 Å². The zero-order valence-corrected chi connectivity index (χ0v) is 11.9. The Kier molecular flexibility index (Phi) is 4.13. The van der Waals surface area contributed by atoms with Crippen LogP contribution in [0.3, 0.4) is 0 Å². The van der Waals surface area contributed by atoms with Crippen molar-refractivity contribution in [1.29, 1.82) is 0 Å². The quantitative estimate of drug-likeness (QED) is 0.595. The highest BCUT2D eigenvalue weighted by Crippen LogP contribution is 2.13. The molecule has 0 saturated carbocycles. The van der Waals surface area contributed by atoms with E-state index >= 15 is 0 Å². The summed E-state index contributed by atoms with van der Waals surface area (Å²) in [6.07, 6.45) is 0. The molecule has 0 radical (unpaired) electrons. The molecule has 0 aliphatic rings. The summed E-state index contributed by atoms with van der Waals surface area (Å²) in [5.74, 6) is 1.34. The first-order valence-corrected chi connectivity index (χ1v) is 5.27. The van der Waals surface area contributed by atoms with Gasteiger partial charge in [0, 0.05) is 6.92 Å². The third kappa shape index (κ3) is 1.89. The number of fused-ring (bicyclic) bond motifs is 1. The van der Waals surface area contributed by atoms with Crippen LogP contribution in [0.15, 0.2) is 24.3 Å². The minimum atomic E-state index is 0. The number of hydrogen-bond donors (Lipinski definition) is 0. The van der Waals surface area contributed by atoms with Gasteiger partial charge in [0.25, 0.3) is 5.82 Å². The van der Waals surface area contributed by atoms with Gasteiger partial charge in [0.2, 0.25) is 0 Å². The first-order valence-electron chi connectivity index (χ1n) is 5.27. The van der Waals surface area contributed by atoms with E-state index in [0.29, 0.717) is 0 Å². The molecule has 0 atom stereocenters. The molecular weight excluding hydrogens is 299 g/mol. The highest BCUT2D eigenvalue weighted by Gasteiger charge is 2.17. The van der Waals surface area contributed by atoms with Crippen LogP contribution >= 0.6 is 24.0 Å². The molecule has 0 saturated heterocycles. The molecule has 1 heterocycles. The lowest BCUT2D eigenvalue weighted by Crippen LogP contribution is -2.34. The average molecular weight is 317 g/mol. The number of benzene rings is 1. The maximum absolute atomic E-state index is 2.36. The van der Waals surface area contributed by atoms with E-state index in [1.54, 1.807) is 0 Å². The average Bonchev–Trinajstić information content (AvgIpc) is 2.49. The number of rotatable bonds is 2. The molecule has 82 valence electrons. The topological polar surface area (TPSA) is 8.81 Å². The Morgan fingerprint density at radius 1 is 1.20 bits per heavy atom. The van der Waals surface area contributed by atoms with Crippen LogP contribution in [0.1, 0.15) is 19.7 Å². The monoisotopic (exact) mass is 317 g/mol. The Labute approximate surface area is 108 Å². The second kappa shape index (κ2) is 4.96. The molecule has 2 rings (SSSR count). The Hall–Kier alpha value is -0.580. The SMILES string of the molecule is CCn1c(C)[n+](CC)c2ccccc21.I. The lowest BCUT2D eigenvalue weighted by atomic mass is 10.3. The fraction of sp³-hybridized carbons (Fsp3) is 0.417. The standard InChI is InChI=1S/C12H17N2.HI/c1-4-13-10(3)14(5-2)12-9-7-6-8-11(12)13;/h6-9H,4-5H2,1-3H3;1H/q+1;. The first-order chi connectivity index (χ1) is 6.79. The fourth-order valence-corrected chi connectivity index (χ4v) is 2.21. The maximum atomic E-state index is 2.36. The molecule has 0 spiro atoms. The molecule has 0 fully saturated rings. The Morgan fingerprint density at radius 3 is 2.47 bits per heavy atom. The second-order valence-electron chi connectivity index (χ2n) is 3.52. The van der Waals surface area contributed by atoms with Crippen LogP contribution in [-0.2, 0) is 13.1 Å². The van der Waals surface area contributed by atoms with Crippen molar-refractivity contribution in [2.45, 2.75) is 33.9 Å². The van der Waals surface area contributed by atoms with Gasteiger partial charge in [0.05, 0.1) is 13.1 Å². The van der Waals surface area contributed by atoms with Crippen molar-refractivity contribution in [3.8, 4) is 0 Å². The number of para-hydroxylation sites is 2. The van der Waals surface area contributed by atoms with E-state index < -0.39 is 0 Å². The summed E-state index contributed by atoms with van der Waals surface area (Å²) < 4.78 is 4.72. The van der Waals surface area contributed by atoms with Gasteiger partial charge in [-0.3, -0.25) is 0 Å². The van der Waals surface area contributed by atoms with Gasteiger partial charge in [-0.1, -0.05) is 12.1 Å².